The van der Waals surface area contributed by atoms with E-state index in [1.807, 2.05) is 63.2 Å². The van der Waals surface area contributed by atoms with Crippen LogP contribution in [0.15, 0.2) is 54.6 Å². The van der Waals surface area contributed by atoms with Crippen LogP contribution in [-0.2, 0) is 11.3 Å². The standard InChI is InChI=1S/C22H28N2O3/c1-22(2,3)27-21(25)24-15-13-23(14-16-24)17-18-9-11-20(12-10-18)26-19-7-5-4-6-8-19/h4-12H,13-17H2,1-3H3. The van der Waals surface area contributed by atoms with Crippen LogP contribution in [0.4, 0.5) is 4.79 Å². The Hall–Kier alpha value is -2.53. The average Bonchev–Trinajstić information content (AvgIpc) is 2.63. The quantitative estimate of drug-likeness (QED) is 0.795. The Bertz CT molecular complexity index is 730. The van der Waals surface area contributed by atoms with E-state index >= 15 is 0 Å². The molecular formula is C22H28N2O3. The topological polar surface area (TPSA) is 42.0 Å². The summed E-state index contributed by atoms with van der Waals surface area (Å²) in [5.74, 6) is 1.67. The maximum atomic E-state index is 12.1. The van der Waals surface area contributed by atoms with Gasteiger partial charge in [-0.25, -0.2) is 4.79 Å². The van der Waals surface area contributed by atoms with Crippen molar-refractivity contribution in [3.8, 4) is 11.5 Å². The van der Waals surface area contributed by atoms with E-state index in [1.165, 1.54) is 5.56 Å². The molecule has 27 heavy (non-hydrogen) atoms. The predicted molar refractivity (Wildman–Crippen MR) is 106 cm³/mol. The summed E-state index contributed by atoms with van der Waals surface area (Å²) in [5.41, 5.74) is 0.791. The van der Waals surface area contributed by atoms with Crippen LogP contribution >= 0.6 is 0 Å². The van der Waals surface area contributed by atoms with Crippen LogP contribution in [0.2, 0.25) is 0 Å². The number of carbonyl (C=O) groups excluding carboxylic acids is 1. The number of carbonyl (C=O) groups is 1. The van der Waals surface area contributed by atoms with Gasteiger partial charge in [0.2, 0.25) is 0 Å². The van der Waals surface area contributed by atoms with E-state index in [1.54, 1.807) is 4.90 Å². The lowest BCUT2D eigenvalue weighted by Gasteiger charge is -2.35. The monoisotopic (exact) mass is 368 g/mol. The maximum Gasteiger partial charge on any atom is 0.410 e. The van der Waals surface area contributed by atoms with Crippen molar-refractivity contribution in [2.75, 3.05) is 26.2 Å². The first kappa shape index (κ1) is 19.2. The van der Waals surface area contributed by atoms with E-state index in [0.29, 0.717) is 13.1 Å². The molecule has 1 amide bonds. The number of amides is 1. The molecule has 0 saturated carbocycles. The van der Waals surface area contributed by atoms with Gasteiger partial charge in [-0.3, -0.25) is 4.90 Å². The third-order valence-corrected chi connectivity index (χ3v) is 4.33. The van der Waals surface area contributed by atoms with E-state index in [9.17, 15) is 4.79 Å². The molecule has 1 heterocycles. The number of para-hydroxylation sites is 1. The predicted octanol–water partition coefficient (Wildman–Crippen LogP) is 4.53. The van der Waals surface area contributed by atoms with E-state index < -0.39 is 5.60 Å². The molecule has 1 aliphatic rings. The van der Waals surface area contributed by atoms with Crippen molar-refractivity contribution in [3.63, 3.8) is 0 Å². The van der Waals surface area contributed by atoms with Crippen molar-refractivity contribution in [2.45, 2.75) is 32.9 Å². The van der Waals surface area contributed by atoms with Crippen LogP contribution in [0.1, 0.15) is 26.3 Å². The molecule has 3 rings (SSSR count). The first-order valence-corrected chi connectivity index (χ1v) is 9.41. The Morgan fingerprint density at radius 3 is 2.07 bits per heavy atom. The van der Waals surface area contributed by atoms with E-state index in [-0.39, 0.29) is 6.09 Å². The van der Waals surface area contributed by atoms with Crippen LogP contribution in [0.25, 0.3) is 0 Å². The minimum atomic E-state index is -0.447. The smallest absolute Gasteiger partial charge is 0.410 e. The number of hydrogen-bond acceptors (Lipinski definition) is 4. The summed E-state index contributed by atoms with van der Waals surface area (Å²) < 4.78 is 11.3. The maximum absolute atomic E-state index is 12.1. The van der Waals surface area contributed by atoms with Gasteiger partial charge in [0.15, 0.2) is 0 Å². The number of benzene rings is 2. The van der Waals surface area contributed by atoms with Gasteiger partial charge in [-0.2, -0.15) is 0 Å². The Morgan fingerprint density at radius 2 is 1.48 bits per heavy atom. The highest BCUT2D eigenvalue weighted by Crippen LogP contribution is 2.22. The van der Waals surface area contributed by atoms with Crippen molar-refractivity contribution in [1.29, 1.82) is 0 Å². The Labute approximate surface area is 161 Å². The summed E-state index contributed by atoms with van der Waals surface area (Å²) in [6.07, 6.45) is -0.218. The summed E-state index contributed by atoms with van der Waals surface area (Å²) in [5, 5.41) is 0. The van der Waals surface area contributed by atoms with Gasteiger partial charge < -0.3 is 14.4 Å². The van der Waals surface area contributed by atoms with Gasteiger partial charge in [0.25, 0.3) is 0 Å². The molecule has 0 aromatic heterocycles. The molecule has 0 spiro atoms. The van der Waals surface area contributed by atoms with Crippen molar-refractivity contribution >= 4 is 6.09 Å². The van der Waals surface area contributed by atoms with Crippen LogP contribution in [0.5, 0.6) is 11.5 Å². The molecule has 2 aromatic rings. The second kappa shape index (κ2) is 8.44. The fourth-order valence-corrected chi connectivity index (χ4v) is 2.96. The van der Waals surface area contributed by atoms with Gasteiger partial charge in [0, 0.05) is 32.7 Å². The third kappa shape index (κ3) is 6.00. The number of piperazine rings is 1. The molecular weight excluding hydrogens is 340 g/mol. The molecule has 2 aromatic carbocycles. The molecule has 144 valence electrons. The van der Waals surface area contributed by atoms with Crippen LogP contribution in [0, 0.1) is 0 Å². The van der Waals surface area contributed by atoms with Crippen molar-refractivity contribution in [2.24, 2.45) is 0 Å². The molecule has 0 atom stereocenters. The number of hydrogen-bond donors (Lipinski definition) is 0. The molecule has 0 aliphatic carbocycles. The molecule has 0 bridgehead atoms. The zero-order valence-corrected chi connectivity index (χ0v) is 16.4. The molecule has 5 heteroatoms. The molecule has 1 fully saturated rings. The summed E-state index contributed by atoms with van der Waals surface area (Å²) in [4.78, 5) is 16.3. The van der Waals surface area contributed by atoms with Gasteiger partial charge >= 0.3 is 6.09 Å². The normalized spacial score (nSPS) is 15.4. The van der Waals surface area contributed by atoms with Crippen molar-refractivity contribution in [1.82, 2.24) is 9.80 Å². The van der Waals surface area contributed by atoms with Crippen LogP contribution in [0.3, 0.4) is 0 Å². The zero-order chi connectivity index (χ0) is 19.3. The average molecular weight is 368 g/mol. The van der Waals surface area contributed by atoms with E-state index in [2.05, 4.69) is 17.0 Å². The fraction of sp³-hybridized carbons (Fsp3) is 0.409. The summed E-state index contributed by atoms with van der Waals surface area (Å²) in [6.45, 7) is 9.65. The lowest BCUT2D eigenvalue weighted by Crippen LogP contribution is -2.49. The lowest BCUT2D eigenvalue weighted by molar-refractivity contribution is 0.0139. The van der Waals surface area contributed by atoms with Gasteiger partial charge in [0.1, 0.15) is 17.1 Å². The Kier molecular flexibility index (Phi) is 6.01. The lowest BCUT2D eigenvalue weighted by atomic mass is 10.2. The van der Waals surface area contributed by atoms with Crippen molar-refractivity contribution < 1.29 is 14.3 Å². The van der Waals surface area contributed by atoms with Gasteiger partial charge in [-0.15, -0.1) is 0 Å². The Balaban J connectivity index is 1.47. The van der Waals surface area contributed by atoms with Crippen LogP contribution < -0.4 is 4.74 Å². The third-order valence-electron chi connectivity index (χ3n) is 4.33. The molecule has 1 aliphatic heterocycles. The van der Waals surface area contributed by atoms with Crippen LogP contribution in [-0.4, -0.2) is 47.7 Å². The molecule has 1 saturated heterocycles. The van der Waals surface area contributed by atoms with Gasteiger partial charge in [-0.1, -0.05) is 30.3 Å². The summed E-state index contributed by atoms with van der Waals surface area (Å²) >= 11 is 0. The van der Waals surface area contributed by atoms with Crippen molar-refractivity contribution in [3.05, 3.63) is 60.2 Å². The number of ether oxygens (including phenoxy) is 2. The Morgan fingerprint density at radius 1 is 0.889 bits per heavy atom. The highest BCUT2D eigenvalue weighted by atomic mass is 16.6. The first-order valence-electron chi connectivity index (χ1n) is 9.41. The van der Waals surface area contributed by atoms with Gasteiger partial charge in [-0.05, 0) is 50.6 Å². The minimum Gasteiger partial charge on any atom is -0.457 e. The summed E-state index contributed by atoms with van der Waals surface area (Å²) in [6, 6.07) is 18.0. The number of nitrogens with zero attached hydrogens (tertiary/aromatic N) is 2. The van der Waals surface area contributed by atoms with E-state index in [0.717, 1.165) is 31.1 Å². The highest BCUT2D eigenvalue weighted by Gasteiger charge is 2.25. The van der Waals surface area contributed by atoms with Gasteiger partial charge in [0.05, 0.1) is 0 Å². The number of rotatable bonds is 4. The molecule has 5 nitrogen and oxygen atoms in total. The zero-order valence-electron chi connectivity index (χ0n) is 16.4. The highest BCUT2D eigenvalue weighted by molar-refractivity contribution is 5.68. The SMILES string of the molecule is CC(C)(C)OC(=O)N1CCN(Cc2ccc(Oc3ccccc3)cc2)CC1. The second-order valence-corrected chi connectivity index (χ2v) is 7.80. The minimum absolute atomic E-state index is 0.218. The molecule has 0 radical (unpaired) electrons. The molecule has 0 N–H and O–H groups in total. The van der Waals surface area contributed by atoms with E-state index in [4.69, 9.17) is 9.47 Å². The molecule has 0 unspecified atom stereocenters. The second-order valence-electron chi connectivity index (χ2n) is 7.80. The first-order chi connectivity index (χ1) is 12.9. The largest absolute Gasteiger partial charge is 0.457 e. The summed E-state index contributed by atoms with van der Waals surface area (Å²) in [7, 11) is 0. The fourth-order valence-electron chi connectivity index (χ4n) is 2.96.